The van der Waals surface area contributed by atoms with Crippen molar-refractivity contribution in [3.05, 3.63) is 42.0 Å². The minimum atomic E-state index is -0.0641. The van der Waals surface area contributed by atoms with Crippen molar-refractivity contribution in [2.45, 2.75) is 32.7 Å². The summed E-state index contributed by atoms with van der Waals surface area (Å²) in [5.74, 6) is 1.16. The number of hydrogen-bond donors (Lipinski definition) is 0. The van der Waals surface area contributed by atoms with Crippen LogP contribution >= 0.6 is 0 Å². The topological polar surface area (TPSA) is 50.6 Å². The number of imidazole rings is 1. The van der Waals surface area contributed by atoms with Gasteiger partial charge in [-0.25, -0.2) is 4.98 Å². The van der Waals surface area contributed by atoms with Crippen LogP contribution in [0.2, 0.25) is 0 Å². The van der Waals surface area contributed by atoms with Gasteiger partial charge in [-0.1, -0.05) is 32.9 Å². The van der Waals surface area contributed by atoms with E-state index < -0.39 is 0 Å². The normalized spacial score (nSPS) is 17.7. The molecule has 0 saturated carbocycles. The number of para-hydroxylation sites is 2. The molecule has 138 valence electrons. The molecule has 4 rings (SSSR count). The van der Waals surface area contributed by atoms with Crippen molar-refractivity contribution in [3.63, 3.8) is 0 Å². The Morgan fingerprint density at radius 3 is 2.54 bits per heavy atom. The van der Waals surface area contributed by atoms with E-state index in [1.54, 1.807) is 0 Å². The number of hydrogen-bond acceptors (Lipinski definition) is 4. The van der Waals surface area contributed by atoms with E-state index in [-0.39, 0.29) is 11.3 Å². The lowest BCUT2D eigenvalue weighted by Crippen LogP contribution is -2.46. The van der Waals surface area contributed by atoms with E-state index >= 15 is 0 Å². The van der Waals surface area contributed by atoms with Crippen LogP contribution in [0.3, 0.4) is 0 Å². The monoisotopic (exact) mass is 354 g/mol. The Balaban J connectivity index is 1.68. The van der Waals surface area contributed by atoms with Gasteiger partial charge in [-0.05, 0) is 12.1 Å². The van der Waals surface area contributed by atoms with Crippen molar-refractivity contribution in [1.29, 1.82) is 0 Å². The predicted octanol–water partition coefficient (Wildman–Crippen LogP) is 2.35. The van der Waals surface area contributed by atoms with Crippen molar-refractivity contribution in [2.75, 3.05) is 37.7 Å². The Bertz CT molecular complexity index is 815. The molecule has 6 nitrogen and oxygen atoms in total. The summed E-state index contributed by atoms with van der Waals surface area (Å²) in [7, 11) is 0. The molecule has 2 aliphatic rings. The van der Waals surface area contributed by atoms with Crippen LogP contribution in [0, 0.1) is 0 Å². The maximum Gasteiger partial charge on any atom is 0.241 e. The number of morpholine rings is 1. The number of fused-ring (bicyclic) bond motifs is 3. The van der Waals surface area contributed by atoms with E-state index in [2.05, 4.69) is 41.3 Å². The summed E-state index contributed by atoms with van der Waals surface area (Å²) in [5, 5.41) is 0. The fourth-order valence-corrected chi connectivity index (χ4v) is 3.68. The Kier molecular flexibility index (Phi) is 4.32. The second-order valence-electron chi connectivity index (χ2n) is 8.02. The van der Waals surface area contributed by atoms with Crippen LogP contribution in [0.4, 0.5) is 5.69 Å². The molecule has 1 aromatic carbocycles. The Hall–Kier alpha value is -2.18. The van der Waals surface area contributed by atoms with E-state index in [9.17, 15) is 4.79 Å². The fraction of sp³-hybridized carbons (Fsp3) is 0.500. The molecule has 26 heavy (non-hydrogen) atoms. The van der Waals surface area contributed by atoms with E-state index in [1.807, 2.05) is 29.3 Å². The molecular formula is C20H26N4O2. The molecule has 3 heterocycles. The number of ether oxygens (including phenoxy) is 1. The average molecular weight is 354 g/mol. The van der Waals surface area contributed by atoms with Gasteiger partial charge in [0.25, 0.3) is 0 Å². The average Bonchev–Trinajstić information content (AvgIpc) is 3.06. The third-order valence-electron chi connectivity index (χ3n) is 5.00. The number of nitrogens with zero attached hydrogens (tertiary/aromatic N) is 4. The molecule has 0 N–H and O–H groups in total. The maximum absolute atomic E-state index is 13.1. The largest absolute Gasteiger partial charge is 0.379 e. The van der Waals surface area contributed by atoms with E-state index in [0.29, 0.717) is 26.3 Å². The van der Waals surface area contributed by atoms with Crippen molar-refractivity contribution in [2.24, 2.45) is 0 Å². The molecule has 0 radical (unpaired) electrons. The summed E-state index contributed by atoms with van der Waals surface area (Å²) >= 11 is 0. The lowest BCUT2D eigenvalue weighted by molar-refractivity contribution is -0.120. The third-order valence-corrected chi connectivity index (χ3v) is 5.00. The smallest absolute Gasteiger partial charge is 0.241 e. The predicted molar refractivity (Wildman–Crippen MR) is 101 cm³/mol. The van der Waals surface area contributed by atoms with Gasteiger partial charge in [-0.15, -0.1) is 0 Å². The number of aromatic nitrogens is 2. The van der Waals surface area contributed by atoms with E-state index in [1.165, 1.54) is 0 Å². The van der Waals surface area contributed by atoms with Crippen LogP contribution in [0.1, 0.15) is 32.3 Å². The van der Waals surface area contributed by atoms with Gasteiger partial charge in [-0.3, -0.25) is 14.3 Å². The zero-order valence-corrected chi connectivity index (χ0v) is 15.7. The molecule has 0 bridgehead atoms. The van der Waals surface area contributed by atoms with Gasteiger partial charge < -0.3 is 9.64 Å². The molecule has 0 atom stereocenters. The van der Waals surface area contributed by atoms with Gasteiger partial charge in [0, 0.05) is 18.5 Å². The Labute approximate surface area is 154 Å². The molecule has 1 saturated heterocycles. The first kappa shape index (κ1) is 17.2. The first-order chi connectivity index (χ1) is 12.4. The second-order valence-corrected chi connectivity index (χ2v) is 8.02. The summed E-state index contributed by atoms with van der Waals surface area (Å²) in [6.07, 6.45) is 1.91. The molecular weight excluding hydrogens is 328 g/mol. The highest BCUT2D eigenvalue weighted by Crippen LogP contribution is 2.36. The Morgan fingerprint density at radius 1 is 1.15 bits per heavy atom. The molecule has 2 aromatic rings. The number of amides is 1. The molecule has 6 heteroatoms. The van der Waals surface area contributed by atoms with Gasteiger partial charge in [-0.2, -0.15) is 0 Å². The minimum Gasteiger partial charge on any atom is -0.379 e. The highest BCUT2D eigenvalue weighted by atomic mass is 16.5. The zero-order chi connectivity index (χ0) is 18.3. The first-order valence-electron chi connectivity index (χ1n) is 9.22. The summed E-state index contributed by atoms with van der Waals surface area (Å²) in [6, 6.07) is 8.11. The lowest BCUT2D eigenvalue weighted by Gasteiger charge is -2.34. The van der Waals surface area contributed by atoms with Gasteiger partial charge >= 0.3 is 0 Å². The maximum atomic E-state index is 13.1. The summed E-state index contributed by atoms with van der Waals surface area (Å²) < 4.78 is 7.60. The third kappa shape index (κ3) is 3.04. The summed E-state index contributed by atoms with van der Waals surface area (Å²) in [4.78, 5) is 21.8. The highest BCUT2D eigenvalue weighted by molar-refractivity contribution is 5.97. The number of carbonyl (C=O) groups is 1. The van der Waals surface area contributed by atoms with Crippen LogP contribution in [0.25, 0.3) is 5.69 Å². The van der Waals surface area contributed by atoms with Crippen molar-refractivity contribution in [3.8, 4) is 5.69 Å². The second kappa shape index (κ2) is 6.52. The number of anilines is 1. The quantitative estimate of drug-likeness (QED) is 0.831. The van der Waals surface area contributed by atoms with Crippen LogP contribution in [0.15, 0.2) is 30.5 Å². The van der Waals surface area contributed by atoms with E-state index in [4.69, 9.17) is 4.74 Å². The molecule has 0 unspecified atom stereocenters. The fourth-order valence-electron chi connectivity index (χ4n) is 3.68. The van der Waals surface area contributed by atoms with Gasteiger partial charge in [0.05, 0.1) is 49.6 Å². The van der Waals surface area contributed by atoms with Gasteiger partial charge in [0.15, 0.2) is 0 Å². The molecule has 1 fully saturated rings. The number of benzene rings is 1. The van der Waals surface area contributed by atoms with Crippen LogP contribution in [-0.2, 0) is 21.5 Å². The zero-order valence-electron chi connectivity index (χ0n) is 15.7. The summed E-state index contributed by atoms with van der Waals surface area (Å²) in [6.45, 7) is 10.5. The molecule has 2 aliphatic heterocycles. The van der Waals surface area contributed by atoms with E-state index in [0.717, 1.165) is 36.0 Å². The van der Waals surface area contributed by atoms with Crippen LogP contribution in [-0.4, -0.2) is 53.2 Å². The number of carbonyl (C=O) groups excluding carboxylic acids is 1. The standard InChI is InChI=1S/C20H26N4O2/c1-20(2,3)19-21-12-15-13-23(16-6-4-5-7-17(16)24(15)19)18(25)14-22-8-10-26-11-9-22/h4-7,12H,8-11,13-14H2,1-3H3. The number of rotatable bonds is 2. The SMILES string of the molecule is CC(C)(C)c1ncc2n1-c1ccccc1N(C(=O)CN1CCOCC1)C2. The van der Waals surface area contributed by atoms with Crippen molar-refractivity contribution < 1.29 is 9.53 Å². The van der Waals surface area contributed by atoms with Crippen molar-refractivity contribution in [1.82, 2.24) is 14.5 Å². The van der Waals surface area contributed by atoms with Crippen LogP contribution < -0.4 is 4.90 Å². The molecule has 1 amide bonds. The minimum absolute atomic E-state index is 0.0641. The Morgan fingerprint density at radius 2 is 1.85 bits per heavy atom. The first-order valence-corrected chi connectivity index (χ1v) is 9.22. The highest BCUT2D eigenvalue weighted by Gasteiger charge is 2.32. The molecule has 1 aromatic heterocycles. The van der Waals surface area contributed by atoms with Crippen LogP contribution in [0.5, 0.6) is 0 Å². The summed E-state index contributed by atoms with van der Waals surface area (Å²) in [5.41, 5.74) is 2.99. The lowest BCUT2D eigenvalue weighted by atomic mass is 9.95. The molecule has 0 spiro atoms. The van der Waals surface area contributed by atoms with Gasteiger partial charge in [0.1, 0.15) is 5.82 Å². The van der Waals surface area contributed by atoms with Gasteiger partial charge in [0.2, 0.25) is 5.91 Å². The van der Waals surface area contributed by atoms with Crippen molar-refractivity contribution >= 4 is 11.6 Å². The molecule has 0 aliphatic carbocycles.